The predicted octanol–water partition coefficient (Wildman–Crippen LogP) is 3.51. The monoisotopic (exact) mass is 285 g/mol. The molecule has 1 saturated heterocycles. The highest BCUT2D eigenvalue weighted by Gasteiger charge is 2.21. The van der Waals surface area contributed by atoms with Crippen molar-refractivity contribution < 1.29 is 18.3 Å². The quantitative estimate of drug-likeness (QED) is 0.898. The molecule has 0 aromatic heterocycles. The van der Waals surface area contributed by atoms with Gasteiger partial charge in [-0.15, -0.1) is 0 Å². The Bertz CT molecular complexity index is 411. The van der Waals surface area contributed by atoms with Crippen LogP contribution in [0.4, 0.5) is 8.78 Å². The van der Waals surface area contributed by atoms with Crippen molar-refractivity contribution >= 4 is 0 Å². The topological polar surface area (TPSA) is 30.5 Å². The normalized spacial score (nSPS) is 24.6. The molecule has 0 amide bonds. The minimum Gasteiger partial charge on any atom is -0.435 e. The predicted molar refractivity (Wildman–Crippen MR) is 73.1 cm³/mol. The van der Waals surface area contributed by atoms with Gasteiger partial charge in [0.25, 0.3) is 0 Å². The van der Waals surface area contributed by atoms with Crippen LogP contribution in [0.3, 0.4) is 0 Å². The first-order valence-corrected chi connectivity index (χ1v) is 6.97. The van der Waals surface area contributed by atoms with Gasteiger partial charge in [0, 0.05) is 18.7 Å². The maximum atomic E-state index is 12.1. The second-order valence-electron chi connectivity index (χ2n) is 5.24. The summed E-state index contributed by atoms with van der Waals surface area (Å²) in [5.41, 5.74) is 1.06. The van der Waals surface area contributed by atoms with Crippen molar-refractivity contribution in [2.24, 2.45) is 0 Å². The highest BCUT2D eigenvalue weighted by Crippen LogP contribution is 2.21. The molecule has 5 heteroatoms. The summed E-state index contributed by atoms with van der Waals surface area (Å²) in [7, 11) is 0. The number of ether oxygens (including phenoxy) is 2. The van der Waals surface area contributed by atoms with Crippen molar-refractivity contribution in [1.82, 2.24) is 5.32 Å². The van der Waals surface area contributed by atoms with E-state index in [0.717, 1.165) is 25.0 Å². The van der Waals surface area contributed by atoms with Gasteiger partial charge in [-0.1, -0.05) is 12.1 Å². The smallest absolute Gasteiger partial charge is 0.387 e. The summed E-state index contributed by atoms with van der Waals surface area (Å²) in [6, 6.07) is 7.39. The van der Waals surface area contributed by atoms with Crippen molar-refractivity contribution in [1.29, 1.82) is 0 Å². The van der Waals surface area contributed by atoms with Crippen molar-refractivity contribution in [2.45, 2.75) is 51.5 Å². The SMILES string of the molecule is CC1CC(NC(C)c2ccc(OC(F)F)cc2)CCO1. The molecule has 112 valence electrons. The first kappa shape index (κ1) is 15.2. The second kappa shape index (κ2) is 6.99. The van der Waals surface area contributed by atoms with E-state index in [1.165, 1.54) is 0 Å². The highest BCUT2D eigenvalue weighted by molar-refractivity contribution is 5.29. The summed E-state index contributed by atoms with van der Waals surface area (Å²) in [6.45, 7) is 2.16. The molecule has 1 aliphatic rings. The van der Waals surface area contributed by atoms with Gasteiger partial charge >= 0.3 is 6.61 Å². The van der Waals surface area contributed by atoms with Crippen LogP contribution in [0.5, 0.6) is 5.75 Å². The lowest BCUT2D eigenvalue weighted by molar-refractivity contribution is -0.0498. The number of nitrogens with one attached hydrogen (secondary N) is 1. The molecule has 1 heterocycles. The van der Waals surface area contributed by atoms with Crippen molar-refractivity contribution in [2.75, 3.05) is 6.61 Å². The Morgan fingerprint density at radius 1 is 1.30 bits per heavy atom. The van der Waals surface area contributed by atoms with E-state index < -0.39 is 6.61 Å². The Labute approximate surface area is 118 Å². The number of hydrogen-bond donors (Lipinski definition) is 1. The summed E-state index contributed by atoms with van der Waals surface area (Å²) in [5.74, 6) is 0.190. The molecular formula is C15H21F2NO2. The molecule has 0 bridgehead atoms. The molecule has 20 heavy (non-hydrogen) atoms. The van der Waals surface area contributed by atoms with E-state index >= 15 is 0 Å². The molecule has 0 aliphatic carbocycles. The first-order valence-electron chi connectivity index (χ1n) is 6.97. The maximum Gasteiger partial charge on any atom is 0.387 e. The van der Waals surface area contributed by atoms with E-state index in [9.17, 15) is 8.78 Å². The zero-order valence-electron chi connectivity index (χ0n) is 11.8. The summed E-state index contributed by atoms with van der Waals surface area (Å²) < 4.78 is 34.0. The number of halogens is 2. The van der Waals surface area contributed by atoms with Gasteiger partial charge in [-0.3, -0.25) is 0 Å². The van der Waals surface area contributed by atoms with E-state index in [4.69, 9.17) is 4.74 Å². The molecule has 1 N–H and O–H groups in total. The van der Waals surface area contributed by atoms with E-state index in [-0.39, 0.29) is 17.9 Å². The van der Waals surface area contributed by atoms with E-state index in [1.54, 1.807) is 12.1 Å². The lowest BCUT2D eigenvalue weighted by atomic mass is 10.0. The van der Waals surface area contributed by atoms with Crippen LogP contribution in [-0.4, -0.2) is 25.4 Å². The molecule has 3 nitrogen and oxygen atoms in total. The van der Waals surface area contributed by atoms with Gasteiger partial charge < -0.3 is 14.8 Å². The zero-order chi connectivity index (χ0) is 14.5. The van der Waals surface area contributed by atoms with Crippen molar-refractivity contribution in [3.05, 3.63) is 29.8 Å². The Hall–Kier alpha value is -1.20. The summed E-state index contributed by atoms with van der Waals surface area (Å²) in [5, 5.41) is 3.56. The van der Waals surface area contributed by atoms with Gasteiger partial charge in [0.05, 0.1) is 6.10 Å². The van der Waals surface area contributed by atoms with Crippen LogP contribution in [0.2, 0.25) is 0 Å². The van der Waals surface area contributed by atoms with Crippen LogP contribution in [-0.2, 0) is 4.74 Å². The molecule has 1 aliphatic heterocycles. The van der Waals surface area contributed by atoms with E-state index in [1.807, 2.05) is 12.1 Å². The van der Waals surface area contributed by atoms with Gasteiger partial charge in [-0.05, 0) is 44.4 Å². The number of benzene rings is 1. The van der Waals surface area contributed by atoms with Crippen LogP contribution in [0.15, 0.2) is 24.3 Å². The van der Waals surface area contributed by atoms with Gasteiger partial charge in [-0.2, -0.15) is 8.78 Å². The molecule has 0 spiro atoms. The molecule has 1 fully saturated rings. The van der Waals surface area contributed by atoms with Gasteiger partial charge in [-0.25, -0.2) is 0 Å². The Kier molecular flexibility index (Phi) is 5.31. The first-order chi connectivity index (χ1) is 9.54. The Balaban J connectivity index is 1.90. The fraction of sp³-hybridized carbons (Fsp3) is 0.600. The molecule has 1 aromatic rings. The molecule has 1 aromatic carbocycles. The van der Waals surface area contributed by atoms with Crippen LogP contribution in [0.1, 0.15) is 38.3 Å². The molecular weight excluding hydrogens is 264 g/mol. The highest BCUT2D eigenvalue weighted by atomic mass is 19.3. The summed E-state index contributed by atoms with van der Waals surface area (Å²) in [6.07, 6.45) is 2.29. The van der Waals surface area contributed by atoms with Crippen LogP contribution < -0.4 is 10.1 Å². The van der Waals surface area contributed by atoms with Gasteiger partial charge in [0.2, 0.25) is 0 Å². The zero-order valence-corrected chi connectivity index (χ0v) is 11.8. The van der Waals surface area contributed by atoms with Crippen molar-refractivity contribution in [3.63, 3.8) is 0 Å². The lowest BCUT2D eigenvalue weighted by Gasteiger charge is -2.30. The fourth-order valence-corrected chi connectivity index (χ4v) is 2.54. The van der Waals surface area contributed by atoms with Crippen LogP contribution >= 0.6 is 0 Å². The molecule has 0 radical (unpaired) electrons. The third-order valence-electron chi connectivity index (χ3n) is 3.58. The Morgan fingerprint density at radius 3 is 2.60 bits per heavy atom. The third-order valence-corrected chi connectivity index (χ3v) is 3.58. The van der Waals surface area contributed by atoms with Crippen molar-refractivity contribution in [3.8, 4) is 5.75 Å². The van der Waals surface area contributed by atoms with Crippen LogP contribution in [0.25, 0.3) is 0 Å². The molecule has 3 unspecified atom stereocenters. The number of alkyl halides is 2. The third kappa shape index (κ3) is 4.42. The second-order valence-corrected chi connectivity index (χ2v) is 5.24. The largest absolute Gasteiger partial charge is 0.435 e. The number of hydrogen-bond acceptors (Lipinski definition) is 3. The average molecular weight is 285 g/mol. The van der Waals surface area contributed by atoms with Gasteiger partial charge in [0.15, 0.2) is 0 Å². The lowest BCUT2D eigenvalue weighted by Crippen LogP contribution is -2.39. The average Bonchev–Trinajstić information content (AvgIpc) is 2.38. The standard InChI is InChI=1S/C15H21F2NO2/c1-10-9-13(7-8-19-10)18-11(2)12-3-5-14(6-4-12)20-15(16)17/h3-6,10-11,13,15,18H,7-9H2,1-2H3. The Morgan fingerprint density at radius 2 is 2.00 bits per heavy atom. The van der Waals surface area contributed by atoms with E-state index in [0.29, 0.717) is 6.04 Å². The van der Waals surface area contributed by atoms with E-state index in [2.05, 4.69) is 23.9 Å². The van der Waals surface area contributed by atoms with Crippen LogP contribution in [0, 0.1) is 0 Å². The number of rotatable bonds is 5. The summed E-state index contributed by atoms with van der Waals surface area (Å²) in [4.78, 5) is 0. The fourth-order valence-electron chi connectivity index (χ4n) is 2.54. The maximum absolute atomic E-state index is 12.1. The summed E-state index contributed by atoms with van der Waals surface area (Å²) >= 11 is 0. The molecule has 3 atom stereocenters. The minimum absolute atomic E-state index is 0.172. The molecule has 0 saturated carbocycles. The minimum atomic E-state index is -2.78. The van der Waals surface area contributed by atoms with Gasteiger partial charge in [0.1, 0.15) is 5.75 Å². The molecule has 2 rings (SSSR count).